The number of alkyl halides is 3. The van der Waals surface area contributed by atoms with Gasteiger partial charge in [0.15, 0.2) is 0 Å². The van der Waals surface area contributed by atoms with Crippen molar-refractivity contribution in [3.05, 3.63) is 69.5 Å². The number of aryl methyl sites for hydroxylation is 2. The summed E-state index contributed by atoms with van der Waals surface area (Å²) in [4.78, 5) is 36.1. The van der Waals surface area contributed by atoms with E-state index in [2.05, 4.69) is 31.2 Å². The molecule has 1 N–H and O–H groups in total. The second-order valence-electron chi connectivity index (χ2n) is 11.5. The first kappa shape index (κ1) is 32.1. The van der Waals surface area contributed by atoms with Gasteiger partial charge in [-0.2, -0.15) is 18.3 Å². The maximum atomic E-state index is 12.5. The highest BCUT2D eigenvalue weighted by Crippen LogP contribution is 2.35. The van der Waals surface area contributed by atoms with Crippen LogP contribution in [0.25, 0.3) is 0 Å². The van der Waals surface area contributed by atoms with Gasteiger partial charge in [-0.15, -0.1) is 0 Å². The van der Waals surface area contributed by atoms with Crippen LogP contribution in [0.1, 0.15) is 67.6 Å². The van der Waals surface area contributed by atoms with Gasteiger partial charge in [0.25, 0.3) is 0 Å². The van der Waals surface area contributed by atoms with Gasteiger partial charge in [-0.3, -0.25) is 0 Å². The van der Waals surface area contributed by atoms with Gasteiger partial charge in [-0.1, -0.05) is 50.6 Å². The number of halogens is 4. The average Bonchev–Trinajstić information content (AvgIpc) is 3.28. The molecule has 9 nitrogen and oxygen atoms in total. The molecule has 1 atom stereocenters. The lowest BCUT2D eigenvalue weighted by Gasteiger charge is -2.23. The third-order valence-electron chi connectivity index (χ3n) is 7.06. The summed E-state index contributed by atoms with van der Waals surface area (Å²) < 4.78 is 45.0. The van der Waals surface area contributed by atoms with Crippen LogP contribution in [0.2, 0.25) is 5.02 Å². The number of fused-ring (bicyclic) bond motifs is 1. The smallest absolute Gasteiger partial charge is 0.477 e. The summed E-state index contributed by atoms with van der Waals surface area (Å²) in [5.74, 6) is -3.06. The molecule has 2 aromatic heterocycles. The third kappa shape index (κ3) is 8.62. The van der Waals surface area contributed by atoms with E-state index < -0.39 is 30.5 Å². The Hall–Kier alpha value is -3.80. The summed E-state index contributed by atoms with van der Waals surface area (Å²) in [5, 5.41) is 8.19. The molecule has 0 amide bonds. The zero-order valence-electron chi connectivity index (χ0n) is 24.4. The van der Waals surface area contributed by atoms with Gasteiger partial charge in [-0.05, 0) is 53.5 Å². The van der Waals surface area contributed by atoms with Gasteiger partial charge in [0, 0.05) is 42.7 Å². The normalized spacial score (nSPS) is 14.0. The summed E-state index contributed by atoms with van der Waals surface area (Å²) >= 11 is 6.54. The van der Waals surface area contributed by atoms with Crippen LogP contribution in [-0.4, -0.2) is 46.0 Å². The molecule has 1 aliphatic heterocycles. The highest BCUT2D eigenvalue weighted by molar-refractivity contribution is 6.31. The maximum absolute atomic E-state index is 12.5. The molecule has 3 aromatic rings. The van der Waals surface area contributed by atoms with Gasteiger partial charge in [0.1, 0.15) is 5.82 Å². The number of anilines is 1. The van der Waals surface area contributed by atoms with Crippen LogP contribution < -0.4 is 10.1 Å². The lowest BCUT2D eigenvalue weighted by atomic mass is 9.83. The van der Waals surface area contributed by atoms with Crippen LogP contribution in [0.3, 0.4) is 0 Å². The number of ether oxygens (including phenoxy) is 1. The number of hydrogen-bond acceptors (Lipinski definition) is 8. The zero-order chi connectivity index (χ0) is 31.4. The first-order valence-corrected chi connectivity index (χ1v) is 14.3. The van der Waals surface area contributed by atoms with E-state index in [9.17, 15) is 22.8 Å². The van der Waals surface area contributed by atoms with E-state index in [-0.39, 0.29) is 11.8 Å². The Morgan fingerprint density at radius 2 is 1.86 bits per heavy atom. The number of nitrogens with zero attached hydrogens (tertiary/aromatic N) is 3. The molecular formula is C30H34ClF3N4O5. The van der Waals surface area contributed by atoms with Crippen molar-refractivity contribution in [3.63, 3.8) is 0 Å². The number of benzene rings is 1. The fourth-order valence-corrected chi connectivity index (χ4v) is 5.02. The van der Waals surface area contributed by atoms with Crippen molar-refractivity contribution < 1.29 is 37.3 Å². The average molecular weight is 623 g/mol. The minimum Gasteiger partial charge on any atom is -0.477 e. The summed E-state index contributed by atoms with van der Waals surface area (Å²) in [7, 11) is 1.72. The van der Waals surface area contributed by atoms with Crippen LogP contribution in [0.4, 0.5) is 19.0 Å². The van der Waals surface area contributed by atoms with Crippen molar-refractivity contribution in [2.75, 3.05) is 18.5 Å². The Morgan fingerprint density at radius 1 is 1.09 bits per heavy atom. The van der Waals surface area contributed by atoms with Gasteiger partial charge in [-0.25, -0.2) is 29.0 Å². The predicted octanol–water partition coefficient (Wildman–Crippen LogP) is 6.03. The monoisotopic (exact) mass is 622 g/mol. The summed E-state index contributed by atoms with van der Waals surface area (Å²) in [6.07, 6.45) is -2.89. The van der Waals surface area contributed by atoms with Gasteiger partial charge in [0.05, 0.1) is 18.7 Å². The second-order valence-corrected chi connectivity index (χ2v) is 11.9. The molecule has 0 aliphatic carbocycles. The third-order valence-corrected chi connectivity index (χ3v) is 7.40. The molecule has 0 spiro atoms. The second kappa shape index (κ2) is 13.2. The Kier molecular flexibility index (Phi) is 9.89. The maximum Gasteiger partial charge on any atom is 0.495 e. The van der Waals surface area contributed by atoms with Gasteiger partial charge in [0.2, 0.25) is 5.88 Å². The molecule has 0 bridgehead atoms. The van der Waals surface area contributed by atoms with Crippen LogP contribution in [0.5, 0.6) is 5.88 Å². The SMILES string of the molecule is Cn1nc(CC(CC(=O)OOC(=O)C(F)(F)F)c2cc(C(C)(C)C)ccc2Cl)cc1OCCc1ccc2c(n1)NCCC2. The minimum atomic E-state index is -5.30. The first-order valence-electron chi connectivity index (χ1n) is 13.9. The van der Waals surface area contributed by atoms with Crippen molar-refractivity contribution in [2.24, 2.45) is 7.05 Å². The quantitative estimate of drug-likeness (QED) is 0.228. The van der Waals surface area contributed by atoms with Crippen molar-refractivity contribution in [3.8, 4) is 5.88 Å². The van der Waals surface area contributed by atoms with Crippen LogP contribution in [-0.2, 0) is 51.1 Å². The van der Waals surface area contributed by atoms with E-state index >= 15 is 0 Å². The molecule has 0 fully saturated rings. The van der Waals surface area contributed by atoms with Crippen molar-refractivity contribution in [2.45, 2.75) is 70.4 Å². The highest BCUT2D eigenvalue weighted by Gasteiger charge is 2.43. The molecule has 3 heterocycles. The predicted molar refractivity (Wildman–Crippen MR) is 153 cm³/mol. The molecule has 1 unspecified atom stereocenters. The first-order chi connectivity index (χ1) is 20.2. The molecule has 0 saturated carbocycles. The molecule has 1 aliphatic rings. The standard InChI is InChI=1S/C30H34ClF3N4O5/c1-29(2,3)20-8-10-24(31)23(16-20)19(15-26(39)42-43-28(40)30(32,33)34)14-22-17-25(38(4)37-22)41-13-11-21-9-7-18-6-5-12-35-27(18)36-21/h7-10,16-17,19H,5-6,11-15H2,1-4H3,(H,35,36). The van der Waals surface area contributed by atoms with Gasteiger partial charge < -0.3 is 10.1 Å². The molecule has 232 valence electrons. The fraction of sp³-hybridized carbons (Fsp3) is 0.467. The zero-order valence-corrected chi connectivity index (χ0v) is 25.1. The number of rotatable bonds is 9. The lowest BCUT2D eigenvalue weighted by molar-refractivity contribution is -0.286. The molecule has 1 aromatic carbocycles. The molecule has 4 rings (SSSR count). The number of pyridine rings is 1. The van der Waals surface area contributed by atoms with Crippen LogP contribution in [0, 0.1) is 0 Å². The topological polar surface area (TPSA) is 105 Å². The van der Waals surface area contributed by atoms with Crippen molar-refractivity contribution >= 4 is 29.4 Å². The fourth-order valence-electron chi connectivity index (χ4n) is 4.74. The van der Waals surface area contributed by atoms with E-state index in [0.29, 0.717) is 35.2 Å². The molecule has 13 heteroatoms. The van der Waals surface area contributed by atoms with Crippen LogP contribution >= 0.6 is 11.6 Å². The molecular weight excluding hydrogens is 589 g/mol. The largest absolute Gasteiger partial charge is 0.495 e. The molecule has 0 saturated heterocycles. The Morgan fingerprint density at radius 3 is 2.58 bits per heavy atom. The summed E-state index contributed by atoms with van der Waals surface area (Å²) in [5.41, 5.74) is 3.92. The Balaban J connectivity index is 1.48. The summed E-state index contributed by atoms with van der Waals surface area (Å²) in [6.45, 7) is 7.29. The van der Waals surface area contributed by atoms with E-state index in [1.165, 1.54) is 5.56 Å². The lowest BCUT2D eigenvalue weighted by Crippen LogP contribution is -2.27. The van der Waals surface area contributed by atoms with Crippen molar-refractivity contribution in [1.29, 1.82) is 0 Å². The van der Waals surface area contributed by atoms with Crippen LogP contribution in [0.15, 0.2) is 36.4 Å². The Bertz CT molecular complexity index is 1470. The van der Waals surface area contributed by atoms with Gasteiger partial charge >= 0.3 is 18.1 Å². The number of carbonyl (C=O) groups excluding carboxylic acids is 2. The Labute approximate surface area is 252 Å². The van der Waals surface area contributed by atoms with E-state index in [4.69, 9.17) is 16.3 Å². The molecule has 0 radical (unpaired) electrons. The molecule has 43 heavy (non-hydrogen) atoms. The number of carbonyl (C=O) groups is 2. The summed E-state index contributed by atoms with van der Waals surface area (Å²) in [6, 6.07) is 11.2. The number of hydrogen-bond donors (Lipinski definition) is 1. The minimum absolute atomic E-state index is 0.172. The van der Waals surface area contributed by atoms with E-state index in [1.54, 1.807) is 23.9 Å². The van der Waals surface area contributed by atoms with Crippen molar-refractivity contribution in [1.82, 2.24) is 14.8 Å². The van der Waals surface area contributed by atoms with E-state index in [1.807, 2.05) is 39.0 Å². The number of aromatic nitrogens is 3. The van der Waals surface area contributed by atoms with E-state index in [0.717, 1.165) is 36.5 Å². The highest BCUT2D eigenvalue weighted by atomic mass is 35.5. The number of nitrogens with one attached hydrogen (secondary N) is 1.